The first-order chi connectivity index (χ1) is 6.74. The summed E-state index contributed by atoms with van der Waals surface area (Å²) in [6, 6.07) is 7.41. The van der Waals surface area contributed by atoms with Gasteiger partial charge < -0.3 is 0 Å². The van der Waals surface area contributed by atoms with Gasteiger partial charge in [-0.05, 0) is 48.6 Å². The Morgan fingerprint density at radius 3 is 2.50 bits per heavy atom. The number of rotatable bonds is 5. The van der Waals surface area contributed by atoms with Crippen molar-refractivity contribution in [1.82, 2.24) is 0 Å². The molecule has 1 aromatic rings. The van der Waals surface area contributed by atoms with Crippen molar-refractivity contribution in [2.45, 2.75) is 19.3 Å². The SMILES string of the molecule is C=CCCCc1ccc(C(=O)Cl)cc1. The van der Waals surface area contributed by atoms with E-state index in [9.17, 15) is 4.79 Å². The van der Waals surface area contributed by atoms with E-state index >= 15 is 0 Å². The van der Waals surface area contributed by atoms with Crippen LogP contribution >= 0.6 is 11.6 Å². The van der Waals surface area contributed by atoms with Crippen LogP contribution in [0.1, 0.15) is 28.8 Å². The van der Waals surface area contributed by atoms with Crippen LogP contribution in [0, 0.1) is 0 Å². The van der Waals surface area contributed by atoms with E-state index in [0.29, 0.717) is 5.56 Å². The first kappa shape index (κ1) is 11.0. The van der Waals surface area contributed by atoms with Gasteiger partial charge in [0.05, 0.1) is 0 Å². The van der Waals surface area contributed by atoms with Crippen LogP contribution in [0.25, 0.3) is 0 Å². The van der Waals surface area contributed by atoms with E-state index in [1.807, 2.05) is 18.2 Å². The standard InChI is InChI=1S/C12H13ClO/c1-2-3-4-5-10-6-8-11(9-7-10)12(13)14/h2,6-9H,1,3-5H2. The highest BCUT2D eigenvalue weighted by atomic mass is 35.5. The van der Waals surface area contributed by atoms with E-state index in [1.165, 1.54) is 5.56 Å². The lowest BCUT2D eigenvalue weighted by molar-refractivity contribution is 0.108. The molecule has 0 aliphatic rings. The molecule has 1 rings (SSSR count). The van der Waals surface area contributed by atoms with Crippen LogP contribution in [0.2, 0.25) is 0 Å². The van der Waals surface area contributed by atoms with E-state index in [-0.39, 0.29) is 0 Å². The minimum atomic E-state index is -0.400. The molecule has 0 amide bonds. The molecule has 0 bridgehead atoms. The van der Waals surface area contributed by atoms with E-state index in [0.717, 1.165) is 19.3 Å². The molecule has 0 aliphatic heterocycles. The predicted octanol–water partition coefficient (Wildman–Crippen LogP) is 3.57. The molecule has 0 N–H and O–H groups in total. The van der Waals surface area contributed by atoms with Gasteiger partial charge >= 0.3 is 0 Å². The molecule has 0 radical (unpaired) electrons. The number of hydrogen-bond acceptors (Lipinski definition) is 1. The number of unbranched alkanes of at least 4 members (excludes halogenated alkanes) is 1. The zero-order chi connectivity index (χ0) is 10.4. The number of allylic oxidation sites excluding steroid dienone is 1. The van der Waals surface area contributed by atoms with Crippen molar-refractivity contribution in [1.29, 1.82) is 0 Å². The van der Waals surface area contributed by atoms with Crippen LogP contribution in [0.15, 0.2) is 36.9 Å². The molecule has 0 aromatic heterocycles. The monoisotopic (exact) mass is 208 g/mol. The Labute approximate surface area is 89.4 Å². The van der Waals surface area contributed by atoms with E-state index in [2.05, 4.69) is 6.58 Å². The molecule has 0 aliphatic carbocycles. The summed E-state index contributed by atoms with van der Waals surface area (Å²) >= 11 is 5.33. The van der Waals surface area contributed by atoms with Gasteiger partial charge in [-0.15, -0.1) is 6.58 Å². The third kappa shape index (κ3) is 3.35. The van der Waals surface area contributed by atoms with Crippen molar-refractivity contribution >= 4 is 16.8 Å². The van der Waals surface area contributed by atoms with Crippen molar-refractivity contribution in [3.8, 4) is 0 Å². The average Bonchev–Trinajstić information content (AvgIpc) is 2.19. The van der Waals surface area contributed by atoms with Gasteiger partial charge in [0.1, 0.15) is 0 Å². The highest BCUT2D eigenvalue weighted by Crippen LogP contribution is 2.09. The quantitative estimate of drug-likeness (QED) is 0.411. The summed E-state index contributed by atoms with van der Waals surface area (Å²) in [5.74, 6) is 0. The predicted molar refractivity (Wildman–Crippen MR) is 59.8 cm³/mol. The number of carbonyl (C=O) groups is 1. The average molecular weight is 209 g/mol. The van der Waals surface area contributed by atoms with Gasteiger partial charge in [-0.3, -0.25) is 4.79 Å². The fourth-order valence-corrected chi connectivity index (χ4v) is 1.38. The summed E-state index contributed by atoms with van der Waals surface area (Å²) < 4.78 is 0. The van der Waals surface area contributed by atoms with E-state index in [1.54, 1.807) is 12.1 Å². The van der Waals surface area contributed by atoms with Crippen LogP contribution in [0.5, 0.6) is 0 Å². The molecule has 14 heavy (non-hydrogen) atoms. The Balaban J connectivity index is 2.55. The number of benzene rings is 1. The number of halogens is 1. The molecule has 0 heterocycles. The maximum Gasteiger partial charge on any atom is 0.252 e. The maximum atomic E-state index is 10.8. The van der Waals surface area contributed by atoms with Crippen molar-refractivity contribution in [2.75, 3.05) is 0 Å². The van der Waals surface area contributed by atoms with Gasteiger partial charge in [0.2, 0.25) is 0 Å². The van der Waals surface area contributed by atoms with Crippen LogP contribution < -0.4 is 0 Å². The highest BCUT2D eigenvalue weighted by Gasteiger charge is 2.00. The largest absolute Gasteiger partial charge is 0.276 e. The zero-order valence-electron chi connectivity index (χ0n) is 8.00. The minimum Gasteiger partial charge on any atom is -0.276 e. The lowest BCUT2D eigenvalue weighted by atomic mass is 10.1. The molecule has 0 atom stereocenters. The van der Waals surface area contributed by atoms with Gasteiger partial charge in [-0.1, -0.05) is 18.2 Å². The first-order valence-electron chi connectivity index (χ1n) is 4.63. The van der Waals surface area contributed by atoms with Gasteiger partial charge in [-0.2, -0.15) is 0 Å². The Kier molecular flexibility index (Phi) is 4.41. The summed E-state index contributed by atoms with van der Waals surface area (Å²) in [5, 5.41) is -0.400. The lowest BCUT2D eigenvalue weighted by Gasteiger charge is -2.00. The lowest BCUT2D eigenvalue weighted by Crippen LogP contribution is -1.90. The highest BCUT2D eigenvalue weighted by molar-refractivity contribution is 6.67. The topological polar surface area (TPSA) is 17.1 Å². The molecule has 74 valence electrons. The minimum absolute atomic E-state index is 0.400. The van der Waals surface area contributed by atoms with Crippen LogP contribution in [0.4, 0.5) is 0 Å². The molecule has 0 saturated carbocycles. The molecule has 1 aromatic carbocycles. The number of carbonyl (C=O) groups excluding carboxylic acids is 1. The van der Waals surface area contributed by atoms with Gasteiger partial charge in [-0.25, -0.2) is 0 Å². The Bertz CT molecular complexity index is 314. The summed E-state index contributed by atoms with van der Waals surface area (Å²) in [4.78, 5) is 10.8. The van der Waals surface area contributed by atoms with Gasteiger partial charge in [0.25, 0.3) is 5.24 Å². The normalized spacial score (nSPS) is 9.79. The first-order valence-corrected chi connectivity index (χ1v) is 5.01. The van der Waals surface area contributed by atoms with Crippen LogP contribution in [-0.4, -0.2) is 5.24 Å². The number of aryl methyl sites for hydroxylation is 1. The molecular weight excluding hydrogens is 196 g/mol. The smallest absolute Gasteiger partial charge is 0.252 e. The third-order valence-electron chi connectivity index (χ3n) is 2.05. The number of hydrogen-bond donors (Lipinski definition) is 0. The maximum absolute atomic E-state index is 10.8. The summed E-state index contributed by atoms with van der Waals surface area (Å²) in [6.07, 6.45) is 5.05. The second kappa shape index (κ2) is 5.61. The Morgan fingerprint density at radius 1 is 1.36 bits per heavy atom. The van der Waals surface area contributed by atoms with E-state index in [4.69, 9.17) is 11.6 Å². The van der Waals surface area contributed by atoms with Crippen molar-refractivity contribution in [2.24, 2.45) is 0 Å². The second-order valence-corrected chi connectivity index (χ2v) is 3.49. The zero-order valence-corrected chi connectivity index (χ0v) is 8.76. The fraction of sp³-hybridized carbons (Fsp3) is 0.250. The van der Waals surface area contributed by atoms with E-state index < -0.39 is 5.24 Å². The Hall–Kier alpha value is -1.08. The van der Waals surface area contributed by atoms with Gasteiger partial charge in [0.15, 0.2) is 0 Å². The summed E-state index contributed by atoms with van der Waals surface area (Å²) in [6.45, 7) is 3.67. The molecule has 1 nitrogen and oxygen atoms in total. The molecule has 0 unspecified atom stereocenters. The summed E-state index contributed by atoms with van der Waals surface area (Å²) in [5.41, 5.74) is 1.78. The molecular formula is C12H13ClO. The van der Waals surface area contributed by atoms with Gasteiger partial charge in [0, 0.05) is 5.56 Å². The molecule has 2 heteroatoms. The third-order valence-corrected chi connectivity index (χ3v) is 2.27. The van der Waals surface area contributed by atoms with Crippen molar-refractivity contribution < 1.29 is 4.79 Å². The fourth-order valence-electron chi connectivity index (χ4n) is 1.25. The van der Waals surface area contributed by atoms with Crippen molar-refractivity contribution in [3.05, 3.63) is 48.0 Å². The van der Waals surface area contributed by atoms with Crippen LogP contribution in [0.3, 0.4) is 0 Å². The van der Waals surface area contributed by atoms with Crippen molar-refractivity contribution in [3.63, 3.8) is 0 Å². The Morgan fingerprint density at radius 2 is 2.00 bits per heavy atom. The second-order valence-electron chi connectivity index (χ2n) is 3.15. The summed E-state index contributed by atoms with van der Waals surface area (Å²) in [7, 11) is 0. The molecule has 0 spiro atoms. The molecule has 0 saturated heterocycles. The molecule has 0 fully saturated rings. The van der Waals surface area contributed by atoms with Crippen LogP contribution in [-0.2, 0) is 6.42 Å².